The van der Waals surface area contributed by atoms with E-state index in [-0.39, 0.29) is 0 Å². The van der Waals surface area contributed by atoms with Crippen LogP contribution in [0.1, 0.15) is 5.56 Å². The van der Waals surface area contributed by atoms with Gasteiger partial charge in [0.1, 0.15) is 0 Å². The molecule has 0 amide bonds. The Kier molecular flexibility index (Phi) is 2.49. The number of nitrogens with zero attached hydrogens (tertiary/aromatic N) is 1. The Bertz CT molecular complexity index is 712. The van der Waals surface area contributed by atoms with Crippen LogP contribution in [0.15, 0.2) is 54.9 Å². The van der Waals surface area contributed by atoms with E-state index in [1.165, 1.54) is 10.9 Å². The molecule has 0 fully saturated rings. The van der Waals surface area contributed by atoms with Crippen LogP contribution in [0.3, 0.4) is 0 Å². The predicted octanol–water partition coefficient (Wildman–Crippen LogP) is 3.79. The average molecular weight is 234 g/mol. The van der Waals surface area contributed by atoms with Crippen molar-refractivity contribution in [1.29, 1.82) is 0 Å². The number of nitrogen functional groups attached to an aromatic ring is 1. The summed E-state index contributed by atoms with van der Waals surface area (Å²) in [5, 5.41) is 2.35. The minimum Gasteiger partial charge on any atom is -0.398 e. The predicted molar refractivity (Wildman–Crippen MR) is 76.3 cm³/mol. The number of benzene rings is 2. The van der Waals surface area contributed by atoms with Crippen LogP contribution in [0.2, 0.25) is 0 Å². The van der Waals surface area contributed by atoms with E-state index in [9.17, 15) is 0 Å². The molecule has 2 heteroatoms. The van der Waals surface area contributed by atoms with Crippen molar-refractivity contribution in [2.75, 3.05) is 5.73 Å². The molecule has 0 aliphatic carbocycles. The average Bonchev–Trinajstić information content (AvgIpc) is 2.41. The lowest BCUT2D eigenvalue weighted by atomic mass is 9.98. The fraction of sp³-hybridized carbons (Fsp3) is 0.0625. The molecule has 2 aromatic carbocycles. The Hall–Kier alpha value is -2.35. The van der Waals surface area contributed by atoms with Gasteiger partial charge in [-0.3, -0.25) is 4.98 Å². The van der Waals surface area contributed by atoms with Crippen molar-refractivity contribution < 1.29 is 0 Å². The van der Waals surface area contributed by atoms with Gasteiger partial charge < -0.3 is 5.73 Å². The monoisotopic (exact) mass is 234 g/mol. The minimum atomic E-state index is 0.827. The molecule has 0 saturated carbocycles. The van der Waals surface area contributed by atoms with E-state index >= 15 is 0 Å². The van der Waals surface area contributed by atoms with Gasteiger partial charge in [-0.15, -0.1) is 0 Å². The second-order valence-corrected chi connectivity index (χ2v) is 4.47. The molecule has 3 rings (SSSR count). The Labute approximate surface area is 106 Å². The number of fused-ring (bicyclic) bond motifs is 1. The molecular formula is C16H14N2. The first-order chi connectivity index (χ1) is 8.75. The molecule has 0 aliphatic rings. The van der Waals surface area contributed by atoms with Crippen molar-refractivity contribution in [3.8, 4) is 11.1 Å². The second-order valence-electron chi connectivity index (χ2n) is 4.47. The SMILES string of the molecule is Cc1ccc(-c2cccc3ccncc23)cc1N. The van der Waals surface area contributed by atoms with E-state index in [1.54, 1.807) is 0 Å². The van der Waals surface area contributed by atoms with Gasteiger partial charge in [-0.2, -0.15) is 0 Å². The van der Waals surface area contributed by atoms with Crippen LogP contribution in [0.4, 0.5) is 5.69 Å². The zero-order chi connectivity index (χ0) is 12.5. The minimum absolute atomic E-state index is 0.827. The van der Waals surface area contributed by atoms with Crippen molar-refractivity contribution in [1.82, 2.24) is 4.98 Å². The zero-order valence-electron chi connectivity index (χ0n) is 10.2. The maximum atomic E-state index is 5.99. The summed E-state index contributed by atoms with van der Waals surface area (Å²) in [6, 6.07) is 14.5. The maximum Gasteiger partial charge on any atom is 0.0352 e. The first-order valence-electron chi connectivity index (χ1n) is 5.95. The summed E-state index contributed by atoms with van der Waals surface area (Å²) in [7, 11) is 0. The molecule has 1 heterocycles. The van der Waals surface area contributed by atoms with E-state index in [0.29, 0.717) is 0 Å². The van der Waals surface area contributed by atoms with Gasteiger partial charge in [-0.1, -0.05) is 30.3 Å². The lowest BCUT2D eigenvalue weighted by Crippen LogP contribution is -1.90. The third-order valence-corrected chi connectivity index (χ3v) is 3.27. The normalized spacial score (nSPS) is 10.7. The van der Waals surface area contributed by atoms with Crippen LogP contribution >= 0.6 is 0 Å². The maximum absolute atomic E-state index is 5.99. The van der Waals surface area contributed by atoms with Crippen molar-refractivity contribution in [2.45, 2.75) is 6.92 Å². The summed E-state index contributed by atoms with van der Waals surface area (Å²) in [6.45, 7) is 2.02. The molecule has 0 bridgehead atoms. The molecule has 88 valence electrons. The van der Waals surface area contributed by atoms with Gasteiger partial charge >= 0.3 is 0 Å². The molecule has 2 N–H and O–H groups in total. The third kappa shape index (κ3) is 1.72. The number of aryl methyl sites for hydroxylation is 1. The van der Waals surface area contributed by atoms with Crippen LogP contribution in [0.25, 0.3) is 21.9 Å². The standard InChI is InChI=1S/C16H14N2/c1-11-5-6-13(9-16(11)17)14-4-2-3-12-7-8-18-10-15(12)14/h2-10H,17H2,1H3. The molecule has 0 atom stereocenters. The largest absolute Gasteiger partial charge is 0.398 e. The summed E-state index contributed by atoms with van der Waals surface area (Å²) in [6.07, 6.45) is 3.72. The van der Waals surface area contributed by atoms with Crippen LogP contribution in [-0.4, -0.2) is 4.98 Å². The molecule has 0 radical (unpaired) electrons. The molecule has 0 aliphatic heterocycles. The Balaban J connectivity index is 2.28. The second kappa shape index (κ2) is 4.15. The van der Waals surface area contributed by atoms with E-state index < -0.39 is 0 Å². The van der Waals surface area contributed by atoms with Crippen molar-refractivity contribution in [3.63, 3.8) is 0 Å². The number of nitrogens with two attached hydrogens (primary N) is 1. The number of anilines is 1. The van der Waals surface area contributed by atoms with Gasteiger partial charge in [-0.05, 0) is 41.1 Å². The topological polar surface area (TPSA) is 38.9 Å². The summed E-state index contributed by atoms with van der Waals surface area (Å²) in [5.41, 5.74) is 10.2. The highest BCUT2D eigenvalue weighted by Gasteiger charge is 2.04. The molecule has 0 saturated heterocycles. The molecule has 18 heavy (non-hydrogen) atoms. The molecule has 2 nitrogen and oxygen atoms in total. The Morgan fingerprint density at radius 2 is 1.94 bits per heavy atom. The van der Waals surface area contributed by atoms with E-state index in [0.717, 1.165) is 22.2 Å². The number of hydrogen-bond acceptors (Lipinski definition) is 2. The van der Waals surface area contributed by atoms with Crippen molar-refractivity contribution >= 4 is 16.5 Å². The Morgan fingerprint density at radius 3 is 2.78 bits per heavy atom. The quantitative estimate of drug-likeness (QED) is 0.650. The zero-order valence-corrected chi connectivity index (χ0v) is 10.2. The smallest absolute Gasteiger partial charge is 0.0352 e. The van der Waals surface area contributed by atoms with Crippen molar-refractivity contribution in [3.05, 3.63) is 60.4 Å². The van der Waals surface area contributed by atoms with Crippen LogP contribution < -0.4 is 5.73 Å². The number of rotatable bonds is 1. The lowest BCUT2D eigenvalue weighted by Gasteiger charge is -2.08. The fourth-order valence-corrected chi connectivity index (χ4v) is 2.17. The molecular weight excluding hydrogens is 220 g/mol. The molecule has 1 aromatic heterocycles. The highest BCUT2D eigenvalue weighted by molar-refractivity contribution is 5.96. The summed E-state index contributed by atoms with van der Waals surface area (Å²) < 4.78 is 0. The number of aromatic nitrogens is 1. The van der Waals surface area contributed by atoms with Gasteiger partial charge in [0.25, 0.3) is 0 Å². The molecule has 0 spiro atoms. The number of pyridine rings is 1. The van der Waals surface area contributed by atoms with Gasteiger partial charge in [-0.25, -0.2) is 0 Å². The Morgan fingerprint density at radius 1 is 1.06 bits per heavy atom. The third-order valence-electron chi connectivity index (χ3n) is 3.27. The first kappa shape index (κ1) is 10.8. The highest BCUT2D eigenvalue weighted by Crippen LogP contribution is 2.29. The lowest BCUT2D eigenvalue weighted by molar-refractivity contribution is 1.36. The fourth-order valence-electron chi connectivity index (χ4n) is 2.17. The first-order valence-corrected chi connectivity index (χ1v) is 5.95. The highest BCUT2D eigenvalue weighted by atomic mass is 14.6. The van der Waals surface area contributed by atoms with Crippen LogP contribution in [-0.2, 0) is 0 Å². The van der Waals surface area contributed by atoms with Crippen LogP contribution in [0, 0.1) is 6.92 Å². The van der Waals surface area contributed by atoms with Crippen molar-refractivity contribution in [2.24, 2.45) is 0 Å². The summed E-state index contributed by atoms with van der Waals surface area (Å²) >= 11 is 0. The summed E-state index contributed by atoms with van der Waals surface area (Å²) in [4.78, 5) is 4.21. The number of hydrogen-bond donors (Lipinski definition) is 1. The van der Waals surface area contributed by atoms with E-state index in [4.69, 9.17) is 5.73 Å². The van der Waals surface area contributed by atoms with Gasteiger partial charge in [0, 0.05) is 23.5 Å². The van der Waals surface area contributed by atoms with Gasteiger partial charge in [0.2, 0.25) is 0 Å². The van der Waals surface area contributed by atoms with Crippen LogP contribution in [0.5, 0.6) is 0 Å². The van der Waals surface area contributed by atoms with E-state index in [1.807, 2.05) is 31.5 Å². The van der Waals surface area contributed by atoms with Gasteiger partial charge in [0.05, 0.1) is 0 Å². The molecule has 0 unspecified atom stereocenters. The molecule has 3 aromatic rings. The summed E-state index contributed by atoms with van der Waals surface area (Å²) in [5.74, 6) is 0. The van der Waals surface area contributed by atoms with E-state index in [2.05, 4.69) is 35.3 Å². The van der Waals surface area contributed by atoms with Gasteiger partial charge in [0.15, 0.2) is 0 Å².